The summed E-state index contributed by atoms with van der Waals surface area (Å²) in [7, 11) is 0. The minimum atomic E-state index is 0.149. The van der Waals surface area contributed by atoms with E-state index in [1.807, 2.05) is 35.2 Å². The molecule has 2 rings (SSSR count). The summed E-state index contributed by atoms with van der Waals surface area (Å²) in [5.41, 5.74) is 1.05. The third kappa shape index (κ3) is 3.16. The Balaban J connectivity index is 1.87. The number of hydrogen-bond acceptors (Lipinski definition) is 2. The van der Waals surface area contributed by atoms with Crippen molar-refractivity contribution in [2.45, 2.75) is 19.3 Å². The van der Waals surface area contributed by atoms with E-state index < -0.39 is 0 Å². The number of likely N-dealkylation sites (tertiary alicyclic amines) is 1. The molecule has 1 heterocycles. The molecule has 17 heavy (non-hydrogen) atoms. The molecule has 0 aliphatic carbocycles. The molecule has 3 heteroatoms. The Morgan fingerprint density at radius 1 is 1.24 bits per heavy atom. The van der Waals surface area contributed by atoms with Crippen molar-refractivity contribution >= 4 is 12.2 Å². The lowest BCUT2D eigenvalue weighted by molar-refractivity contribution is -0.132. The highest BCUT2D eigenvalue weighted by Gasteiger charge is 2.22. The van der Waals surface area contributed by atoms with Crippen molar-refractivity contribution in [3.8, 4) is 0 Å². The van der Waals surface area contributed by atoms with Crippen LogP contribution >= 0.6 is 0 Å². The van der Waals surface area contributed by atoms with E-state index in [4.69, 9.17) is 0 Å². The molecule has 0 bridgehead atoms. The van der Waals surface area contributed by atoms with E-state index >= 15 is 0 Å². The molecule has 0 N–H and O–H groups in total. The Morgan fingerprint density at radius 2 is 1.88 bits per heavy atom. The lowest BCUT2D eigenvalue weighted by atomic mass is 9.98. The molecule has 1 aliphatic rings. The normalized spacial score (nSPS) is 16.8. The average Bonchev–Trinajstić information content (AvgIpc) is 2.40. The third-order valence-corrected chi connectivity index (χ3v) is 3.28. The molecule has 1 aromatic rings. The zero-order valence-corrected chi connectivity index (χ0v) is 9.84. The van der Waals surface area contributed by atoms with Crippen LogP contribution in [0.3, 0.4) is 0 Å². The summed E-state index contributed by atoms with van der Waals surface area (Å²) in [5, 5.41) is 0. The van der Waals surface area contributed by atoms with Gasteiger partial charge in [0.15, 0.2) is 0 Å². The van der Waals surface area contributed by atoms with Gasteiger partial charge in [0.05, 0.1) is 6.42 Å². The quantitative estimate of drug-likeness (QED) is 0.742. The van der Waals surface area contributed by atoms with E-state index in [9.17, 15) is 9.59 Å². The van der Waals surface area contributed by atoms with Gasteiger partial charge in [0.25, 0.3) is 0 Å². The van der Waals surface area contributed by atoms with E-state index in [0.717, 1.165) is 37.8 Å². The van der Waals surface area contributed by atoms with Crippen molar-refractivity contribution in [3.05, 3.63) is 35.9 Å². The van der Waals surface area contributed by atoms with Crippen LogP contribution in [0.15, 0.2) is 30.3 Å². The summed E-state index contributed by atoms with van der Waals surface area (Å²) in [5.74, 6) is 0.316. The molecule has 0 aromatic heterocycles. The molecular weight excluding hydrogens is 214 g/mol. The summed E-state index contributed by atoms with van der Waals surface area (Å²) in [4.78, 5) is 24.5. The van der Waals surface area contributed by atoms with Gasteiger partial charge in [-0.05, 0) is 18.4 Å². The molecule has 0 unspecified atom stereocenters. The van der Waals surface area contributed by atoms with Crippen molar-refractivity contribution in [2.75, 3.05) is 13.1 Å². The van der Waals surface area contributed by atoms with Gasteiger partial charge < -0.3 is 9.69 Å². The molecule has 3 nitrogen and oxygen atoms in total. The highest BCUT2D eigenvalue weighted by Crippen LogP contribution is 2.16. The first-order chi connectivity index (χ1) is 8.29. The fourth-order valence-electron chi connectivity index (χ4n) is 2.17. The lowest BCUT2D eigenvalue weighted by Crippen LogP contribution is -2.39. The first-order valence-corrected chi connectivity index (χ1v) is 6.06. The number of carbonyl (C=O) groups excluding carboxylic acids is 2. The van der Waals surface area contributed by atoms with Gasteiger partial charge in [-0.15, -0.1) is 0 Å². The molecule has 0 saturated carbocycles. The standard InChI is InChI=1S/C14H17NO2/c16-11-13-6-8-15(9-7-13)14(17)10-12-4-2-1-3-5-12/h1-5,11,13H,6-10H2. The number of amides is 1. The molecule has 1 saturated heterocycles. The van der Waals surface area contributed by atoms with E-state index in [0.29, 0.717) is 6.42 Å². The minimum Gasteiger partial charge on any atom is -0.342 e. The van der Waals surface area contributed by atoms with Gasteiger partial charge in [-0.1, -0.05) is 30.3 Å². The maximum atomic E-state index is 12.0. The molecule has 1 fully saturated rings. The second-order valence-corrected chi connectivity index (χ2v) is 4.52. The maximum Gasteiger partial charge on any atom is 0.226 e. The number of hydrogen-bond donors (Lipinski definition) is 0. The van der Waals surface area contributed by atoms with Crippen molar-refractivity contribution in [1.82, 2.24) is 4.90 Å². The third-order valence-electron chi connectivity index (χ3n) is 3.28. The Bertz CT molecular complexity index is 380. The van der Waals surface area contributed by atoms with Crippen LogP contribution < -0.4 is 0 Å². The van der Waals surface area contributed by atoms with E-state index in [-0.39, 0.29) is 11.8 Å². The van der Waals surface area contributed by atoms with Crippen LogP contribution in [0, 0.1) is 5.92 Å². The molecule has 0 spiro atoms. The second-order valence-electron chi connectivity index (χ2n) is 4.52. The van der Waals surface area contributed by atoms with Crippen LogP contribution in [0.25, 0.3) is 0 Å². The smallest absolute Gasteiger partial charge is 0.226 e. The molecule has 90 valence electrons. The minimum absolute atomic E-state index is 0.149. The lowest BCUT2D eigenvalue weighted by Gasteiger charge is -2.29. The molecule has 0 radical (unpaired) electrons. The van der Waals surface area contributed by atoms with Crippen LogP contribution in [-0.2, 0) is 16.0 Å². The average molecular weight is 231 g/mol. The van der Waals surface area contributed by atoms with Crippen molar-refractivity contribution < 1.29 is 9.59 Å². The molecule has 1 aromatic carbocycles. The predicted octanol–water partition coefficient (Wildman–Crippen LogP) is 1.67. The monoisotopic (exact) mass is 231 g/mol. The van der Waals surface area contributed by atoms with E-state index in [1.54, 1.807) is 0 Å². The maximum absolute atomic E-state index is 12.0. The number of aldehydes is 1. The van der Waals surface area contributed by atoms with Crippen LogP contribution in [0.1, 0.15) is 18.4 Å². The second kappa shape index (κ2) is 5.62. The molecule has 1 amide bonds. The van der Waals surface area contributed by atoms with Gasteiger partial charge in [0.1, 0.15) is 6.29 Å². The Morgan fingerprint density at radius 3 is 2.47 bits per heavy atom. The van der Waals surface area contributed by atoms with Crippen LogP contribution in [0.5, 0.6) is 0 Å². The number of carbonyl (C=O) groups is 2. The topological polar surface area (TPSA) is 37.4 Å². The zero-order chi connectivity index (χ0) is 12.1. The highest BCUT2D eigenvalue weighted by molar-refractivity contribution is 5.79. The van der Waals surface area contributed by atoms with Crippen molar-refractivity contribution in [2.24, 2.45) is 5.92 Å². The van der Waals surface area contributed by atoms with Crippen LogP contribution in [0.2, 0.25) is 0 Å². The number of piperidine rings is 1. The first kappa shape index (κ1) is 11.8. The zero-order valence-electron chi connectivity index (χ0n) is 9.84. The predicted molar refractivity (Wildman–Crippen MR) is 65.5 cm³/mol. The number of rotatable bonds is 3. The van der Waals surface area contributed by atoms with Crippen LogP contribution in [0.4, 0.5) is 0 Å². The van der Waals surface area contributed by atoms with Gasteiger partial charge in [0, 0.05) is 19.0 Å². The summed E-state index contributed by atoms with van der Waals surface area (Å²) >= 11 is 0. The van der Waals surface area contributed by atoms with E-state index in [1.165, 1.54) is 0 Å². The first-order valence-electron chi connectivity index (χ1n) is 6.06. The molecule has 1 aliphatic heterocycles. The summed E-state index contributed by atoms with van der Waals surface area (Å²) < 4.78 is 0. The Kier molecular flexibility index (Phi) is 3.91. The van der Waals surface area contributed by atoms with Crippen molar-refractivity contribution in [3.63, 3.8) is 0 Å². The van der Waals surface area contributed by atoms with Gasteiger partial charge in [-0.25, -0.2) is 0 Å². The Hall–Kier alpha value is -1.64. The fraction of sp³-hybridized carbons (Fsp3) is 0.429. The summed E-state index contributed by atoms with van der Waals surface area (Å²) in [6.07, 6.45) is 3.10. The summed E-state index contributed by atoms with van der Waals surface area (Å²) in [6, 6.07) is 9.78. The summed E-state index contributed by atoms with van der Waals surface area (Å²) in [6.45, 7) is 1.43. The van der Waals surface area contributed by atoms with Gasteiger partial charge >= 0.3 is 0 Å². The number of benzene rings is 1. The van der Waals surface area contributed by atoms with Crippen LogP contribution in [-0.4, -0.2) is 30.2 Å². The van der Waals surface area contributed by atoms with E-state index in [2.05, 4.69) is 0 Å². The fourth-order valence-corrected chi connectivity index (χ4v) is 2.17. The van der Waals surface area contributed by atoms with Gasteiger partial charge in [-0.3, -0.25) is 4.79 Å². The largest absolute Gasteiger partial charge is 0.342 e. The van der Waals surface area contributed by atoms with Gasteiger partial charge in [-0.2, -0.15) is 0 Å². The number of nitrogens with zero attached hydrogens (tertiary/aromatic N) is 1. The molecular formula is C14H17NO2. The Labute approximate surface area is 101 Å². The molecule has 0 atom stereocenters. The SMILES string of the molecule is O=CC1CCN(C(=O)Cc2ccccc2)CC1. The highest BCUT2D eigenvalue weighted by atomic mass is 16.2. The van der Waals surface area contributed by atoms with Crippen molar-refractivity contribution in [1.29, 1.82) is 0 Å². The van der Waals surface area contributed by atoms with Gasteiger partial charge in [0.2, 0.25) is 5.91 Å².